The molecule has 3 rings (SSSR count). The van der Waals surface area contributed by atoms with Gasteiger partial charge in [-0.3, -0.25) is 10.2 Å². The van der Waals surface area contributed by atoms with E-state index in [9.17, 15) is 4.79 Å². The smallest absolute Gasteiger partial charge is 0.149 e. The van der Waals surface area contributed by atoms with Crippen LogP contribution in [0.3, 0.4) is 0 Å². The molecule has 0 aliphatic carbocycles. The summed E-state index contributed by atoms with van der Waals surface area (Å²) in [5.74, 6) is 3.08. The minimum atomic E-state index is -0.0765. The van der Waals surface area contributed by atoms with Gasteiger partial charge in [0, 0.05) is 48.7 Å². The topological polar surface area (TPSA) is 69.3 Å². The first-order chi connectivity index (χ1) is 14.1. The van der Waals surface area contributed by atoms with E-state index >= 15 is 0 Å². The van der Waals surface area contributed by atoms with Crippen molar-refractivity contribution in [3.05, 3.63) is 47.5 Å². The maximum atomic E-state index is 11.6. The van der Waals surface area contributed by atoms with Crippen molar-refractivity contribution < 1.29 is 23.7 Å². The van der Waals surface area contributed by atoms with Gasteiger partial charge in [0.2, 0.25) is 0 Å². The number of carbonyl (C=O) groups excluding carboxylic acids is 1. The minimum absolute atomic E-state index is 0.0765. The summed E-state index contributed by atoms with van der Waals surface area (Å²) in [7, 11) is 6.55. The second-order valence-corrected chi connectivity index (χ2v) is 6.84. The van der Waals surface area contributed by atoms with Crippen LogP contribution in [0, 0.1) is 0 Å². The van der Waals surface area contributed by atoms with Crippen LogP contribution in [0.25, 0.3) is 0 Å². The van der Waals surface area contributed by atoms with Crippen molar-refractivity contribution in [3.8, 4) is 23.0 Å². The fourth-order valence-corrected chi connectivity index (χ4v) is 3.59. The number of Topliss-reactive ketones (excluding diaryl/α,β-unsaturated/α-hetero) is 1. The summed E-state index contributed by atoms with van der Waals surface area (Å²) in [6.07, 6.45) is 0.579. The van der Waals surface area contributed by atoms with E-state index in [0.717, 1.165) is 34.1 Å². The van der Waals surface area contributed by atoms with Gasteiger partial charge in [-0.25, -0.2) is 5.01 Å². The molecule has 0 atom stereocenters. The molecule has 1 aliphatic rings. The van der Waals surface area contributed by atoms with Crippen LogP contribution in [0.15, 0.2) is 36.4 Å². The van der Waals surface area contributed by atoms with Crippen molar-refractivity contribution in [2.45, 2.75) is 12.3 Å². The average Bonchev–Trinajstić information content (AvgIpc) is 3.18. The van der Waals surface area contributed by atoms with Crippen molar-refractivity contribution in [1.82, 2.24) is 10.4 Å². The molecule has 1 N–H and O–H groups in total. The van der Waals surface area contributed by atoms with Crippen LogP contribution in [0.1, 0.15) is 23.5 Å². The molecule has 1 saturated heterocycles. The summed E-state index contributed by atoms with van der Waals surface area (Å²) in [6.45, 7) is 1.72. The number of carbonyl (C=O) groups is 1. The normalized spacial score (nSPS) is 14.3. The number of methoxy groups -OCH3 is 4. The van der Waals surface area contributed by atoms with Crippen LogP contribution < -0.4 is 24.4 Å². The number of hydrazine groups is 1. The summed E-state index contributed by atoms with van der Waals surface area (Å²) in [4.78, 5) is 11.6. The van der Waals surface area contributed by atoms with Gasteiger partial charge in [0.15, 0.2) is 0 Å². The molecule has 0 amide bonds. The van der Waals surface area contributed by atoms with Gasteiger partial charge in [0.25, 0.3) is 0 Å². The Morgan fingerprint density at radius 3 is 1.86 bits per heavy atom. The lowest BCUT2D eigenvalue weighted by molar-refractivity contribution is -0.117. The number of nitrogens with one attached hydrogen (secondary N) is 1. The fraction of sp³-hybridized carbons (Fsp3) is 0.409. The zero-order chi connectivity index (χ0) is 20.8. The Bertz CT molecular complexity index is 800. The molecule has 1 heterocycles. The number of ether oxygens (including phenoxy) is 4. The molecular weight excluding hydrogens is 372 g/mol. The number of ketones is 1. The largest absolute Gasteiger partial charge is 0.497 e. The Balaban J connectivity index is 1.99. The quantitative estimate of drug-likeness (QED) is 0.694. The monoisotopic (exact) mass is 400 g/mol. The molecule has 1 aliphatic heterocycles. The van der Waals surface area contributed by atoms with E-state index in [-0.39, 0.29) is 11.7 Å². The van der Waals surface area contributed by atoms with Crippen molar-refractivity contribution in [3.63, 3.8) is 0 Å². The highest BCUT2D eigenvalue weighted by atomic mass is 16.5. The average molecular weight is 400 g/mol. The van der Waals surface area contributed by atoms with Gasteiger partial charge >= 0.3 is 0 Å². The van der Waals surface area contributed by atoms with Crippen molar-refractivity contribution in [2.75, 3.05) is 48.1 Å². The van der Waals surface area contributed by atoms with E-state index in [1.807, 2.05) is 41.4 Å². The molecule has 29 heavy (non-hydrogen) atoms. The lowest BCUT2D eigenvalue weighted by Gasteiger charge is -2.26. The lowest BCUT2D eigenvalue weighted by Crippen LogP contribution is -2.39. The molecule has 0 saturated carbocycles. The minimum Gasteiger partial charge on any atom is -0.497 e. The Morgan fingerprint density at radius 1 is 0.897 bits per heavy atom. The molecule has 0 radical (unpaired) electrons. The van der Waals surface area contributed by atoms with Gasteiger partial charge in [-0.05, 0) is 12.1 Å². The molecule has 156 valence electrons. The molecule has 2 aromatic carbocycles. The van der Waals surface area contributed by atoms with E-state index in [2.05, 4.69) is 5.43 Å². The maximum Gasteiger partial charge on any atom is 0.149 e. The van der Waals surface area contributed by atoms with Gasteiger partial charge in [0.05, 0.1) is 35.0 Å². The zero-order valence-electron chi connectivity index (χ0n) is 17.4. The second-order valence-electron chi connectivity index (χ2n) is 6.84. The van der Waals surface area contributed by atoms with E-state index < -0.39 is 0 Å². The predicted octanol–water partition coefficient (Wildman–Crippen LogP) is 2.63. The number of hydrogen-bond donors (Lipinski definition) is 1. The lowest BCUT2D eigenvalue weighted by atomic mass is 9.89. The van der Waals surface area contributed by atoms with Crippen LogP contribution in [-0.2, 0) is 4.79 Å². The van der Waals surface area contributed by atoms with Crippen molar-refractivity contribution in [2.24, 2.45) is 0 Å². The molecule has 0 unspecified atom stereocenters. The number of rotatable bonds is 9. The third-order valence-corrected chi connectivity index (χ3v) is 5.18. The molecule has 7 heteroatoms. The molecule has 2 aromatic rings. The Morgan fingerprint density at radius 2 is 1.45 bits per heavy atom. The first-order valence-electron chi connectivity index (χ1n) is 9.53. The van der Waals surface area contributed by atoms with Crippen LogP contribution in [0.5, 0.6) is 23.0 Å². The number of benzene rings is 2. The first kappa shape index (κ1) is 21.0. The summed E-state index contributed by atoms with van der Waals surface area (Å²) in [5, 5.41) is 1.96. The third kappa shape index (κ3) is 4.81. The standard InChI is InChI=1S/C22H28N2O5/c1-26-16-5-7-18(21(11-16)28-3)20(13-23-24-10-9-15(25)14-24)19-8-6-17(27-2)12-22(19)29-4/h5-8,11-12,20,23H,9-10,13-14H2,1-4H3. The van der Waals surface area contributed by atoms with Crippen molar-refractivity contribution in [1.29, 1.82) is 0 Å². The predicted molar refractivity (Wildman–Crippen MR) is 110 cm³/mol. The molecule has 7 nitrogen and oxygen atoms in total. The van der Waals surface area contributed by atoms with E-state index in [0.29, 0.717) is 26.1 Å². The number of hydrogen-bond acceptors (Lipinski definition) is 7. The Labute approximate surface area is 171 Å². The summed E-state index contributed by atoms with van der Waals surface area (Å²) in [6, 6.07) is 11.6. The van der Waals surface area contributed by atoms with Crippen LogP contribution in [0.4, 0.5) is 0 Å². The molecule has 0 spiro atoms. The molecular formula is C22H28N2O5. The first-order valence-corrected chi connectivity index (χ1v) is 9.53. The second kappa shape index (κ2) is 9.62. The van der Waals surface area contributed by atoms with E-state index in [4.69, 9.17) is 18.9 Å². The molecule has 1 fully saturated rings. The van der Waals surface area contributed by atoms with Gasteiger partial charge in [-0.15, -0.1) is 0 Å². The molecule has 0 aromatic heterocycles. The summed E-state index contributed by atoms with van der Waals surface area (Å²) < 4.78 is 22.0. The highest BCUT2D eigenvalue weighted by Crippen LogP contribution is 2.39. The van der Waals surface area contributed by atoms with Crippen LogP contribution >= 0.6 is 0 Å². The van der Waals surface area contributed by atoms with Gasteiger partial charge < -0.3 is 18.9 Å². The summed E-state index contributed by atoms with van der Waals surface area (Å²) in [5.41, 5.74) is 5.40. The number of nitrogens with zero attached hydrogens (tertiary/aromatic N) is 1. The van der Waals surface area contributed by atoms with Crippen molar-refractivity contribution >= 4 is 5.78 Å². The third-order valence-electron chi connectivity index (χ3n) is 5.18. The van der Waals surface area contributed by atoms with Crippen LogP contribution in [0.2, 0.25) is 0 Å². The van der Waals surface area contributed by atoms with Gasteiger partial charge in [-0.1, -0.05) is 12.1 Å². The molecule has 0 bridgehead atoms. The highest BCUT2D eigenvalue weighted by Gasteiger charge is 2.25. The summed E-state index contributed by atoms with van der Waals surface area (Å²) >= 11 is 0. The SMILES string of the molecule is COc1ccc(C(CNN2CCC(=O)C2)c2ccc(OC)cc2OC)c(OC)c1. The Kier molecular flexibility index (Phi) is 6.95. The van der Waals surface area contributed by atoms with Crippen LogP contribution in [-0.4, -0.2) is 58.9 Å². The van der Waals surface area contributed by atoms with Gasteiger partial charge in [0.1, 0.15) is 28.8 Å². The van der Waals surface area contributed by atoms with E-state index in [1.165, 1.54) is 0 Å². The Hall–Kier alpha value is -2.77. The van der Waals surface area contributed by atoms with Gasteiger partial charge in [-0.2, -0.15) is 0 Å². The highest BCUT2D eigenvalue weighted by molar-refractivity contribution is 5.82. The fourth-order valence-electron chi connectivity index (χ4n) is 3.59. The zero-order valence-corrected chi connectivity index (χ0v) is 17.4. The maximum absolute atomic E-state index is 11.6. The van der Waals surface area contributed by atoms with E-state index in [1.54, 1.807) is 28.4 Å².